The first-order chi connectivity index (χ1) is 13.6. The molecule has 0 saturated carbocycles. The van der Waals surface area contributed by atoms with Crippen molar-refractivity contribution in [1.82, 2.24) is 14.7 Å². The van der Waals surface area contributed by atoms with Crippen molar-refractivity contribution in [3.05, 3.63) is 72.1 Å². The topological polar surface area (TPSA) is 73.7 Å². The second kappa shape index (κ2) is 8.85. The molecule has 1 heterocycles. The molecule has 1 amide bonds. The number of carbonyl (C=O) groups excluding carboxylic acids is 2. The summed E-state index contributed by atoms with van der Waals surface area (Å²) in [6.07, 6.45) is 4.35. The molecule has 0 spiro atoms. The van der Waals surface area contributed by atoms with Gasteiger partial charge in [0.15, 0.2) is 18.1 Å². The van der Waals surface area contributed by atoms with Crippen molar-refractivity contribution in [2.24, 2.45) is 0 Å². The fourth-order valence-electron chi connectivity index (χ4n) is 2.65. The molecule has 0 saturated heterocycles. The maximum absolute atomic E-state index is 12.4. The molecule has 3 rings (SSSR count). The summed E-state index contributed by atoms with van der Waals surface area (Å²) >= 11 is 0. The van der Waals surface area contributed by atoms with Crippen LogP contribution < -0.4 is 9.47 Å². The third kappa shape index (κ3) is 4.56. The number of hydrogen-bond donors (Lipinski definition) is 0. The van der Waals surface area contributed by atoms with Crippen molar-refractivity contribution < 1.29 is 19.1 Å². The summed E-state index contributed by atoms with van der Waals surface area (Å²) in [4.78, 5) is 24.8. The number of hydrogen-bond acceptors (Lipinski definition) is 5. The zero-order valence-electron chi connectivity index (χ0n) is 15.7. The van der Waals surface area contributed by atoms with Crippen molar-refractivity contribution in [2.45, 2.75) is 6.54 Å². The Morgan fingerprint density at radius 3 is 2.68 bits per heavy atom. The highest BCUT2D eigenvalue weighted by Gasteiger charge is 2.13. The lowest BCUT2D eigenvalue weighted by Crippen LogP contribution is -2.30. The van der Waals surface area contributed by atoms with E-state index in [9.17, 15) is 9.59 Å². The number of aromatic nitrogens is 2. The monoisotopic (exact) mass is 379 g/mol. The molecule has 0 unspecified atom stereocenters. The molecule has 2 aromatic carbocycles. The van der Waals surface area contributed by atoms with E-state index in [0.29, 0.717) is 23.6 Å². The minimum absolute atomic E-state index is 0.139. The molecule has 0 fully saturated rings. The number of nitrogens with zero attached hydrogens (tertiary/aromatic N) is 3. The summed E-state index contributed by atoms with van der Waals surface area (Å²) < 4.78 is 12.5. The lowest BCUT2D eigenvalue weighted by atomic mass is 10.2. The highest BCUT2D eigenvalue weighted by atomic mass is 16.5. The van der Waals surface area contributed by atoms with Crippen molar-refractivity contribution in [3.8, 4) is 17.2 Å². The molecule has 0 atom stereocenters. The van der Waals surface area contributed by atoms with Gasteiger partial charge in [0.1, 0.15) is 6.29 Å². The first-order valence-electron chi connectivity index (χ1n) is 8.69. The van der Waals surface area contributed by atoms with E-state index >= 15 is 0 Å². The largest absolute Gasteiger partial charge is 0.493 e. The molecule has 1 aromatic heterocycles. The van der Waals surface area contributed by atoms with Crippen LogP contribution in [0.2, 0.25) is 0 Å². The summed E-state index contributed by atoms with van der Waals surface area (Å²) in [5, 5.41) is 4.33. The normalized spacial score (nSPS) is 10.4. The Kier molecular flexibility index (Phi) is 6.06. The second-order valence-corrected chi connectivity index (χ2v) is 6.20. The van der Waals surface area contributed by atoms with Gasteiger partial charge < -0.3 is 14.4 Å². The molecular weight excluding hydrogens is 358 g/mol. The lowest BCUT2D eigenvalue weighted by molar-refractivity contribution is -0.132. The van der Waals surface area contributed by atoms with Crippen LogP contribution in [0, 0.1) is 0 Å². The Balaban J connectivity index is 1.58. The highest BCUT2D eigenvalue weighted by molar-refractivity contribution is 5.78. The number of rotatable bonds is 8. The van der Waals surface area contributed by atoms with E-state index in [-0.39, 0.29) is 12.5 Å². The van der Waals surface area contributed by atoms with Crippen LogP contribution in [0.3, 0.4) is 0 Å². The molecule has 0 N–H and O–H groups in total. The standard InChI is InChI=1S/C21H21N3O4/c1-23(12-17-11-22-24(13-17)18-6-4-3-5-7-18)21(26)15-28-19-9-8-16(14-25)10-20(19)27-2/h3-11,13-14H,12,15H2,1-2H3. The van der Waals surface area contributed by atoms with Gasteiger partial charge in [-0.05, 0) is 30.3 Å². The van der Waals surface area contributed by atoms with Crippen molar-refractivity contribution >= 4 is 12.2 Å². The van der Waals surface area contributed by atoms with Crippen LogP contribution in [-0.4, -0.2) is 47.6 Å². The molecule has 3 aromatic rings. The molecule has 7 heteroatoms. The molecule has 144 valence electrons. The summed E-state index contributed by atoms with van der Waals surface area (Å²) in [6, 6.07) is 14.5. The van der Waals surface area contributed by atoms with Gasteiger partial charge in [0, 0.05) is 30.9 Å². The highest BCUT2D eigenvalue weighted by Crippen LogP contribution is 2.27. The van der Waals surface area contributed by atoms with E-state index in [1.807, 2.05) is 36.5 Å². The van der Waals surface area contributed by atoms with Crippen LogP contribution in [-0.2, 0) is 11.3 Å². The number of benzene rings is 2. The number of methoxy groups -OCH3 is 1. The molecule has 28 heavy (non-hydrogen) atoms. The van der Waals surface area contributed by atoms with Crippen molar-refractivity contribution in [2.75, 3.05) is 20.8 Å². The van der Waals surface area contributed by atoms with Gasteiger partial charge in [0.05, 0.1) is 19.0 Å². The van der Waals surface area contributed by atoms with Crippen molar-refractivity contribution in [3.63, 3.8) is 0 Å². The molecule has 0 aliphatic rings. The lowest BCUT2D eigenvalue weighted by Gasteiger charge is -2.17. The zero-order chi connectivity index (χ0) is 19.9. The van der Waals surface area contributed by atoms with Crippen LogP contribution >= 0.6 is 0 Å². The van der Waals surface area contributed by atoms with E-state index in [2.05, 4.69) is 5.10 Å². The average Bonchev–Trinajstić information content (AvgIpc) is 3.20. The molecule has 0 aliphatic carbocycles. The van der Waals surface area contributed by atoms with Gasteiger partial charge in [0.2, 0.25) is 0 Å². The first-order valence-corrected chi connectivity index (χ1v) is 8.69. The molecule has 7 nitrogen and oxygen atoms in total. The predicted octanol–water partition coefficient (Wildman–Crippen LogP) is 2.73. The van der Waals surface area contributed by atoms with Gasteiger partial charge in [0.25, 0.3) is 5.91 Å². The number of aldehydes is 1. The number of likely N-dealkylation sites (N-methyl/N-ethyl adjacent to an activating group) is 1. The number of ether oxygens (including phenoxy) is 2. The number of amides is 1. The van der Waals surface area contributed by atoms with Crippen LogP contribution in [0.4, 0.5) is 0 Å². The minimum atomic E-state index is -0.186. The summed E-state index contributed by atoms with van der Waals surface area (Å²) in [5.41, 5.74) is 2.34. The van der Waals surface area contributed by atoms with Crippen LogP contribution in [0.15, 0.2) is 60.9 Å². The van der Waals surface area contributed by atoms with Gasteiger partial charge in [-0.25, -0.2) is 4.68 Å². The Morgan fingerprint density at radius 2 is 1.96 bits per heavy atom. The second-order valence-electron chi connectivity index (χ2n) is 6.20. The fraction of sp³-hybridized carbons (Fsp3) is 0.190. The maximum Gasteiger partial charge on any atom is 0.260 e. The van der Waals surface area contributed by atoms with Crippen LogP contribution in [0.1, 0.15) is 15.9 Å². The SMILES string of the molecule is COc1cc(C=O)ccc1OCC(=O)N(C)Cc1cnn(-c2ccccc2)c1. The van der Waals surface area contributed by atoms with E-state index in [1.54, 1.807) is 41.0 Å². The van der Waals surface area contributed by atoms with Gasteiger partial charge in [-0.15, -0.1) is 0 Å². The van der Waals surface area contributed by atoms with Crippen LogP contribution in [0.5, 0.6) is 11.5 Å². The van der Waals surface area contributed by atoms with E-state index in [4.69, 9.17) is 9.47 Å². The quantitative estimate of drug-likeness (QED) is 0.563. The molecular formula is C21H21N3O4. The molecule has 0 bridgehead atoms. The summed E-state index contributed by atoms with van der Waals surface area (Å²) in [5.74, 6) is 0.630. The van der Waals surface area contributed by atoms with Gasteiger partial charge in [-0.2, -0.15) is 5.10 Å². The number of para-hydroxylation sites is 1. The van der Waals surface area contributed by atoms with Gasteiger partial charge in [-0.1, -0.05) is 18.2 Å². The Hall–Kier alpha value is -3.61. The smallest absolute Gasteiger partial charge is 0.260 e. The van der Waals surface area contributed by atoms with Crippen molar-refractivity contribution in [1.29, 1.82) is 0 Å². The van der Waals surface area contributed by atoms with E-state index in [1.165, 1.54) is 7.11 Å². The Morgan fingerprint density at radius 1 is 1.18 bits per heavy atom. The van der Waals surface area contributed by atoms with Crippen LogP contribution in [0.25, 0.3) is 5.69 Å². The zero-order valence-corrected chi connectivity index (χ0v) is 15.7. The summed E-state index contributed by atoms with van der Waals surface area (Å²) in [6.45, 7) is 0.274. The Labute approximate surface area is 163 Å². The predicted molar refractivity (Wildman–Crippen MR) is 104 cm³/mol. The molecule has 0 radical (unpaired) electrons. The van der Waals surface area contributed by atoms with Gasteiger partial charge >= 0.3 is 0 Å². The van der Waals surface area contributed by atoms with Gasteiger partial charge in [-0.3, -0.25) is 9.59 Å². The maximum atomic E-state index is 12.4. The minimum Gasteiger partial charge on any atom is -0.493 e. The first kappa shape index (κ1) is 19.2. The van der Waals surface area contributed by atoms with E-state index < -0.39 is 0 Å². The summed E-state index contributed by atoms with van der Waals surface area (Å²) in [7, 11) is 3.19. The third-order valence-corrected chi connectivity index (χ3v) is 4.18. The van der Waals surface area contributed by atoms with E-state index in [0.717, 1.165) is 17.5 Å². The fourth-order valence-corrected chi connectivity index (χ4v) is 2.65. The Bertz CT molecular complexity index is 953. The third-order valence-electron chi connectivity index (χ3n) is 4.18. The molecule has 0 aliphatic heterocycles. The average molecular weight is 379 g/mol. The number of carbonyl (C=O) groups is 2.